The fourth-order valence-corrected chi connectivity index (χ4v) is 4.02. The van der Waals surface area contributed by atoms with Crippen molar-refractivity contribution in [1.29, 1.82) is 0 Å². The van der Waals surface area contributed by atoms with Crippen molar-refractivity contribution in [3.05, 3.63) is 52.0 Å². The molecule has 1 fully saturated rings. The number of nitrogens with zero attached hydrogens (tertiary/aromatic N) is 1. The van der Waals surface area contributed by atoms with Crippen LogP contribution in [0, 0.1) is 0 Å². The topological polar surface area (TPSA) is 105 Å². The van der Waals surface area contributed by atoms with Gasteiger partial charge in [-0.05, 0) is 36.0 Å². The van der Waals surface area contributed by atoms with Crippen LogP contribution in [0.3, 0.4) is 0 Å². The van der Waals surface area contributed by atoms with Crippen molar-refractivity contribution < 1.29 is 4.74 Å². The number of ether oxygens (including phenoxy) is 1. The van der Waals surface area contributed by atoms with E-state index in [-0.39, 0.29) is 17.4 Å². The summed E-state index contributed by atoms with van der Waals surface area (Å²) in [5, 5.41) is 8.22. The standard InChI is InChI=1S/C19H21ClN5O2P/c20-13-1-4-22-17-12(13)7-11(8-15(17)28)25-18(21)16-14(2-5-23-19(16)26)24-10-3-6-27-9-10/h1-2,5,7-8,10,22H,3-4,6,9,28H2,(H2,21,25)(H2,23,24,26)/t10-/m1/s1. The molecule has 2 atom stereocenters. The number of benzene rings is 1. The average molecular weight is 418 g/mol. The highest BCUT2D eigenvalue weighted by atomic mass is 35.5. The number of nitrogens with two attached hydrogens (primary N) is 1. The molecule has 0 radical (unpaired) electrons. The van der Waals surface area contributed by atoms with Gasteiger partial charge in [0.1, 0.15) is 11.4 Å². The van der Waals surface area contributed by atoms with Gasteiger partial charge in [0.2, 0.25) is 0 Å². The largest absolute Gasteiger partial charge is 0.383 e. The first-order chi connectivity index (χ1) is 13.5. The third kappa shape index (κ3) is 3.78. The molecule has 146 valence electrons. The smallest absolute Gasteiger partial charge is 0.261 e. The van der Waals surface area contributed by atoms with E-state index < -0.39 is 0 Å². The van der Waals surface area contributed by atoms with Crippen LogP contribution in [0.15, 0.2) is 40.3 Å². The Kier molecular flexibility index (Phi) is 5.40. The van der Waals surface area contributed by atoms with E-state index in [4.69, 9.17) is 22.1 Å². The van der Waals surface area contributed by atoms with Crippen LogP contribution in [-0.4, -0.2) is 36.6 Å². The third-order valence-electron chi connectivity index (χ3n) is 4.73. The predicted molar refractivity (Wildman–Crippen MR) is 118 cm³/mol. The Morgan fingerprint density at radius 3 is 3.07 bits per heavy atom. The highest BCUT2D eigenvalue weighted by Gasteiger charge is 2.20. The molecule has 1 aromatic heterocycles. The second-order valence-corrected chi connectivity index (χ2v) is 7.72. The van der Waals surface area contributed by atoms with E-state index in [1.54, 1.807) is 12.3 Å². The highest BCUT2D eigenvalue weighted by molar-refractivity contribution is 7.28. The van der Waals surface area contributed by atoms with Crippen LogP contribution in [-0.2, 0) is 4.74 Å². The summed E-state index contributed by atoms with van der Waals surface area (Å²) in [6.07, 6.45) is 4.37. The monoisotopic (exact) mass is 417 g/mol. The normalized spacial score (nSPS) is 19.0. The van der Waals surface area contributed by atoms with Gasteiger partial charge in [0.15, 0.2) is 0 Å². The molecule has 0 aliphatic carbocycles. The summed E-state index contributed by atoms with van der Waals surface area (Å²) in [6.45, 7) is 1.98. The maximum absolute atomic E-state index is 12.5. The molecule has 2 aliphatic heterocycles. The van der Waals surface area contributed by atoms with Gasteiger partial charge in [-0.3, -0.25) is 4.79 Å². The first-order valence-corrected chi connectivity index (χ1v) is 9.92. The molecule has 3 heterocycles. The zero-order chi connectivity index (χ0) is 19.7. The number of anilines is 2. The molecule has 4 rings (SSSR count). The predicted octanol–water partition coefficient (Wildman–Crippen LogP) is 2.12. The van der Waals surface area contributed by atoms with E-state index in [2.05, 4.69) is 29.8 Å². The number of aromatic amines is 1. The Morgan fingerprint density at radius 1 is 1.43 bits per heavy atom. The first kappa shape index (κ1) is 19.0. The lowest BCUT2D eigenvalue weighted by molar-refractivity contribution is 0.195. The van der Waals surface area contributed by atoms with E-state index in [0.717, 1.165) is 23.0 Å². The number of halogens is 1. The minimum absolute atomic E-state index is 0.136. The average Bonchev–Trinajstić information content (AvgIpc) is 3.16. The number of hydrogen-bond acceptors (Lipinski definition) is 5. The molecular weight excluding hydrogens is 397 g/mol. The van der Waals surface area contributed by atoms with Gasteiger partial charge in [-0.1, -0.05) is 11.6 Å². The molecule has 1 aromatic carbocycles. The molecule has 2 aliphatic rings. The molecule has 5 N–H and O–H groups in total. The molecule has 1 saturated heterocycles. The summed E-state index contributed by atoms with van der Waals surface area (Å²) in [5.41, 5.74) is 9.35. The summed E-state index contributed by atoms with van der Waals surface area (Å²) in [6, 6.07) is 5.67. The van der Waals surface area contributed by atoms with Crippen molar-refractivity contribution in [2.24, 2.45) is 10.7 Å². The van der Waals surface area contributed by atoms with Crippen molar-refractivity contribution in [2.45, 2.75) is 12.5 Å². The van der Waals surface area contributed by atoms with Gasteiger partial charge in [-0.2, -0.15) is 0 Å². The minimum atomic E-state index is -0.297. The van der Waals surface area contributed by atoms with E-state index in [9.17, 15) is 4.79 Å². The zero-order valence-corrected chi connectivity index (χ0v) is 17.0. The van der Waals surface area contributed by atoms with Crippen LogP contribution in [0.1, 0.15) is 17.5 Å². The Morgan fingerprint density at radius 2 is 2.29 bits per heavy atom. The van der Waals surface area contributed by atoms with Crippen molar-refractivity contribution in [3.63, 3.8) is 0 Å². The lowest BCUT2D eigenvalue weighted by atomic mass is 10.1. The lowest BCUT2D eigenvalue weighted by Crippen LogP contribution is -2.29. The van der Waals surface area contributed by atoms with E-state index in [1.165, 1.54) is 0 Å². The summed E-state index contributed by atoms with van der Waals surface area (Å²) in [4.78, 5) is 19.6. The Labute approximate surface area is 169 Å². The molecule has 1 unspecified atom stereocenters. The van der Waals surface area contributed by atoms with E-state index in [0.29, 0.717) is 41.7 Å². The molecule has 9 heteroatoms. The number of rotatable bonds is 4. The van der Waals surface area contributed by atoms with E-state index >= 15 is 0 Å². The van der Waals surface area contributed by atoms with Crippen molar-refractivity contribution >= 4 is 54.1 Å². The highest BCUT2D eigenvalue weighted by Crippen LogP contribution is 2.33. The van der Waals surface area contributed by atoms with Crippen LogP contribution in [0.2, 0.25) is 0 Å². The fourth-order valence-electron chi connectivity index (χ4n) is 3.37. The van der Waals surface area contributed by atoms with Gasteiger partial charge in [0.25, 0.3) is 5.56 Å². The number of H-pyrrole nitrogens is 1. The van der Waals surface area contributed by atoms with Crippen molar-refractivity contribution in [3.8, 4) is 0 Å². The second-order valence-electron chi connectivity index (χ2n) is 6.69. The molecule has 28 heavy (non-hydrogen) atoms. The molecular formula is C19H21ClN5O2P. The maximum Gasteiger partial charge on any atom is 0.261 e. The van der Waals surface area contributed by atoms with Gasteiger partial charge in [-0.25, -0.2) is 4.99 Å². The number of pyridine rings is 1. The molecule has 2 aromatic rings. The van der Waals surface area contributed by atoms with Crippen LogP contribution in [0.4, 0.5) is 17.1 Å². The van der Waals surface area contributed by atoms with Crippen LogP contribution in [0.5, 0.6) is 0 Å². The Hall–Kier alpha value is -2.34. The number of amidine groups is 1. The second kappa shape index (κ2) is 7.95. The van der Waals surface area contributed by atoms with E-state index in [1.807, 2.05) is 18.2 Å². The Bertz CT molecular complexity index is 1030. The molecule has 0 amide bonds. The SMILES string of the molecule is NC(=Nc1cc(P)c2c(c1)C(Cl)=CCN2)c1c(N[C@@H]2CCOC2)cc[nH]c1=O. The molecule has 7 nitrogen and oxygen atoms in total. The van der Waals surface area contributed by atoms with Gasteiger partial charge in [-0.15, -0.1) is 9.24 Å². The summed E-state index contributed by atoms with van der Waals surface area (Å²) < 4.78 is 5.40. The van der Waals surface area contributed by atoms with Gasteiger partial charge >= 0.3 is 0 Å². The summed E-state index contributed by atoms with van der Waals surface area (Å²) in [5.74, 6) is 0.136. The van der Waals surface area contributed by atoms with Gasteiger partial charge in [0, 0.05) is 29.9 Å². The Balaban J connectivity index is 1.72. The summed E-state index contributed by atoms with van der Waals surface area (Å²) >= 11 is 6.35. The lowest BCUT2D eigenvalue weighted by Gasteiger charge is -2.19. The number of hydrogen-bond donors (Lipinski definition) is 4. The quantitative estimate of drug-likeness (QED) is 0.346. The summed E-state index contributed by atoms with van der Waals surface area (Å²) in [7, 11) is 2.68. The number of nitrogens with one attached hydrogen (secondary N) is 3. The van der Waals surface area contributed by atoms with Crippen molar-refractivity contribution in [2.75, 3.05) is 30.4 Å². The zero-order valence-electron chi connectivity index (χ0n) is 15.1. The maximum atomic E-state index is 12.5. The van der Waals surface area contributed by atoms with Gasteiger partial charge < -0.3 is 26.1 Å². The fraction of sp³-hybridized carbons (Fsp3) is 0.263. The first-order valence-electron chi connectivity index (χ1n) is 8.97. The number of aromatic nitrogens is 1. The molecule has 0 bridgehead atoms. The van der Waals surface area contributed by atoms with Crippen LogP contribution < -0.4 is 27.2 Å². The minimum Gasteiger partial charge on any atom is -0.383 e. The van der Waals surface area contributed by atoms with Gasteiger partial charge in [0.05, 0.1) is 29.7 Å². The molecule has 0 saturated carbocycles. The number of fused-ring (bicyclic) bond motifs is 1. The number of aliphatic imine (C=N–C) groups is 1. The molecule has 0 spiro atoms. The van der Waals surface area contributed by atoms with Crippen LogP contribution >= 0.6 is 20.8 Å². The van der Waals surface area contributed by atoms with Crippen molar-refractivity contribution in [1.82, 2.24) is 4.98 Å². The van der Waals surface area contributed by atoms with Crippen LogP contribution in [0.25, 0.3) is 5.03 Å². The third-order valence-corrected chi connectivity index (χ3v) is 5.54.